The highest BCUT2D eigenvalue weighted by Crippen LogP contribution is 2.46. The molecule has 0 unspecified atom stereocenters. The SMILES string of the molecule is CC(=O)N1C[C@H]2CN(C(=O)c3csc(C)n3)C[C@H]2[C@H]1c1ccccc1C. The fourth-order valence-electron chi connectivity index (χ4n) is 4.48. The largest absolute Gasteiger partial charge is 0.337 e. The summed E-state index contributed by atoms with van der Waals surface area (Å²) in [6.07, 6.45) is 0. The van der Waals surface area contributed by atoms with Crippen LogP contribution in [0.15, 0.2) is 29.6 Å². The minimum absolute atomic E-state index is 0.0154. The van der Waals surface area contributed by atoms with Gasteiger partial charge in [0.2, 0.25) is 5.91 Å². The first-order valence-electron chi connectivity index (χ1n) is 9.00. The van der Waals surface area contributed by atoms with Crippen LogP contribution in [-0.2, 0) is 4.79 Å². The van der Waals surface area contributed by atoms with E-state index in [9.17, 15) is 9.59 Å². The van der Waals surface area contributed by atoms with Gasteiger partial charge >= 0.3 is 0 Å². The lowest BCUT2D eigenvalue weighted by Crippen LogP contribution is -2.36. The Morgan fingerprint density at radius 2 is 1.92 bits per heavy atom. The van der Waals surface area contributed by atoms with Crippen LogP contribution in [0.2, 0.25) is 0 Å². The molecule has 0 bridgehead atoms. The predicted octanol–water partition coefficient (Wildman–Crippen LogP) is 3.05. The Balaban J connectivity index is 1.62. The van der Waals surface area contributed by atoms with Crippen LogP contribution in [0.5, 0.6) is 0 Å². The normalized spacial score (nSPS) is 24.8. The zero-order valence-corrected chi connectivity index (χ0v) is 16.1. The molecule has 0 radical (unpaired) electrons. The number of hydrogen-bond donors (Lipinski definition) is 0. The molecule has 26 heavy (non-hydrogen) atoms. The third-order valence-corrected chi connectivity index (χ3v) is 6.47. The highest BCUT2D eigenvalue weighted by Gasteiger charge is 2.49. The summed E-state index contributed by atoms with van der Waals surface area (Å²) < 4.78 is 0. The van der Waals surface area contributed by atoms with Crippen LogP contribution >= 0.6 is 11.3 Å². The quantitative estimate of drug-likeness (QED) is 0.818. The Labute approximate surface area is 157 Å². The van der Waals surface area contributed by atoms with Crippen molar-refractivity contribution < 1.29 is 9.59 Å². The lowest BCUT2D eigenvalue weighted by molar-refractivity contribution is -0.130. The molecule has 136 valence electrons. The second-order valence-electron chi connectivity index (χ2n) is 7.36. The highest BCUT2D eigenvalue weighted by molar-refractivity contribution is 7.09. The number of carbonyl (C=O) groups is 2. The van der Waals surface area contributed by atoms with E-state index in [4.69, 9.17) is 0 Å². The summed E-state index contributed by atoms with van der Waals surface area (Å²) in [5.41, 5.74) is 2.95. The van der Waals surface area contributed by atoms with Crippen molar-refractivity contribution in [3.05, 3.63) is 51.5 Å². The standard InChI is InChI=1S/C20H23N3O2S/c1-12-6-4-5-7-16(12)19-17-10-22(8-15(17)9-23(19)14(3)24)20(25)18-11-26-13(2)21-18/h4-7,11,15,17,19H,8-10H2,1-3H3/t15-,17-,19-/m1/s1. The number of rotatable bonds is 2. The van der Waals surface area contributed by atoms with Gasteiger partial charge in [-0.15, -0.1) is 11.3 Å². The number of fused-ring (bicyclic) bond motifs is 1. The Hall–Kier alpha value is -2.21. The highest BCUT2D eigenvalue weighted by atomic mass is 32.1. The van der Waals surface area contributed by atoms with Gasteiger partial charge in [0.05, 0.1) is 11.0 Å². The summed E-state index contributed by atoms with van der Waals surface area (Å²) in [6, 6.07) is 8.32. The minimum Gasteiger partial charge on any atom is -0.337 e. The first-order chi connectivity index (χ1) is 12.5. The van der Waals surface area contributed by atoms with Crippen LogP contribution in [0.1, 0.15) is 39.6 Å². The zero-order valence-electron chi connectivity index (χ0n) is 15.3. The van der Waals surface area contributed by atoms with Gasteiger partial charge in [0.15, 0.2) is 0 Å². The van der Waals surface area contributed by atoms with Gasteiger partial charge in [-0.1, -0.05) is 24.3 Å². The van der Waals surface area contributed by atoms with Crippen LogP contribution in [0.25, 0.3) is 0 Å². The van der Waals surface area contributed by atoms with E-state index in [1.54, 1.807) is 6.92 Å². The molecule has 2 saturated heterocycles. The molecule has 2 aliphatic heterocycles. The summed E-state index contributed by atoms with van der Waals surface area (Å²) in [7, 11) is 0. The molecule has 1 aromatic carbocycles. The average Bonchev–Trinajstić information content (AvgIpc) is 3.28. The van der Waals surface area contributed by atoms with Gasteiger partial charge in [0.1, 0.15) is 5.69 Å². The molecule has 2 aromatic rings. The Morgan fingerprint density at radius 1 is 1.15 bits per heavy atom. The van der Waals surface area contributed by atoms with E-state index in [0.29, 0.717) is 24.7 Å². The van der Waals surface area contributed by atoms with E-state index in [2.05, 4.69) is 24.0 Å². The maximum atomic E-state index is 12.8. The van der Waals surface area contributed by atoms with Crippen molar-refractivity contribution in [2.45, 2.75) is 26.8 Å². The first-order valence-corrected chi connectivity index (χ1v) is 9.88. The van der Waals surface area contributed by atoms with Crippen LogP contribution in [-0.4, -0.2) is 46.2 Å². The molecule has 4 rings (SSSR count). The number of hydrogen-bond acceptors (Lipinski definition) is 4. The lowest BCUT2D eigenvalue weighted by atomic mass is 9.87. The Bertz CT molecular complexity index is 862. The van der Waals surface area contributed by atoms with Crippen molar-refractivity contribution in [3.63, 3.8) is 0 Å². The molecule has 0 N–H and O–H groups in total. The number of carbonyl (C=O) groups excluding carboxylic acids is 2. The molecule has 2 fully saturated rings. The molecule has 3 atom stereocenters. The van der Waals surface area contributed by atoms with Crippen LogP contribution in [0, 0.1) is 25.7 Å². The van der Waals surface area contributed by atoms with Crippen molar-refractivity contribution in [2.24, 2.45) is 11.8 Å². The predicted molar refractivity (Wildman–Crippen MR) is 101 cm³/mol. The van der Waals surface area contributed by atoms with E-state index < -0.39 is 0 Å². The smallest absolute Gasteiger partial charge is 0.273 e. The van der Waals surface area contributed by atoms with Crippen LogP contribution in [0.3, 0.4) is 0 Å². The van der Waals surface area contributed by atoms with Gasteiger partial charge in [-0.3, -0.25) is 9.59 Å². The Morgan fingerprint density at radius 3 is 2.58 bits per heavy atom. The second-order valence-corrected chi connectivity index (χ2v) is 8.42. The fraction of sp³-hybridized carbons (Fsp3) is 0.450. The summed E-state index contributed by atoms with van der Waals surface area (Å²) >= 11 is 1.51. The number of amides is 2. The van der Waals surface area contributed by atoms with E-state index in [1.165, 1.54) is 22.5 Å². The number of aromatic nitrogens is 1. The van der Waals surface area contributed by atoms with Gasteiger partial charge in [0, 0.05) is 43.8 Å². The van der Waals surface area contributed by atoms with Crippen molar-refractivity contribution >= 4 is 23.2 Å². The second kappa shape index (κ2) is 6.50. The van der Waals surface area contributed by atoms with Gasteiger partial charge in [0.25, 0.3) is 5.91 Å². The van der Waals surface area contributed by atoms with Crippen molar-refractivity contribution in [2.75, 3.05) is 19.6 Å². The number of likely N-dealkylation sites (tertiary alicyclic amines) is 2. The molecular formula is C20H23N3O2S. The van der Waals surface area contributed by atoms with Crippen LogP contribution in [0.4, 0.5) is 0 Å². The van der Waals surface area contributed by atoms with Gasteiger partial charge in [-0.05, 0) is 25.0 Å². The molecule has 2 amide bonds. The van der Waals surface area contributed by atoms with Gasteiger partial charge in [-0.25, -0.2) is 4.98 Å². The molecule has 0 aliphatic carbocycles. The molecule has 1 aromatic heterocycles. The third kappa shape index (κ3) is 2.82. The number of nitrogens with zero attached hydrogens (tertiary/aromatic N) is 3. The summed E-state index contributed by atoms with van der Waals surface area (Å²) in [6.45, 7) is 7.76. The van der Waals surface area contributed by atoms with E-state index in [-0.39, 0.29) is 23.8 Å². The molecule has 6 heteroatoms. The lowest BCUT2D eigenvalue weighted by Gasteiger charge is -2.30. The monoisotopic (exact) mass is 369 g/mol. The number of thiazole rings is 1. The van der Waals surface area contributed by atoms with Crippen molar-refractivity contribution in [3.8, 4) is 0 Å². The fourth-order valence-corrected chi connectivity index (χ4v) is 5.06. The zero-order chi connectivity index (χ0) is 18.4. The topological polar surface area (TPSA) is 53.5 Å². The third-order valence-electron chi connectivity index (χ3n) is 5.70. The summed E-state index contributed by atoms with van der Waals surface area (Å²) in [5, 5.41) is 2.75. The molecule has 2 aliphatic rings. The number of benzene rings is 1. The number of aryl methyl sites for hydroxylation is 2. The van der Waals surface area contributed by atoms with Crippen molar-refractivity contribution in [1.82, 2.24) is 14.8 Å². The average molecular weight is 369 g/mol. The van der Waals surface area contributed by atoms with E-state index in [0.717, 1.165) is 11.6 Å². The first kappa shape index (κ1) is 17.2. The summed E-state index contributed by atoms with van der Waals surface area (Å²) in [5.74, 6) is 0.734. The Kier molecular flexibility index (Phi) is 4.31. The van der Waals surface area contributed by atoms with Gasteiger partial charge in [-0.2, -0.15) is 0 Å². The van der Waals surface area contributed by atoms with Crippen LogP contribution < -0.4 is 0 Å². The van der Waals surface area contributed by atoms with E-state index >= 15 is 0 Å². The molecule has 3 heterocycles. The maximum Gasteiger partial charge on any atom is 0.273 e. The summed E-state index contributed by atoms with van der Waals surface area (Å²) in [4.78, 5) is 33.3. The molecule has 0 saturated carbocycles. The molecule has 5 nitrogen and oxygen atoms in total. The van der Waals surface area contributed by atoms with Crippen molar-refractivity contribution in [1.29, 1.82) is 0 Å². The van der Waals surface area contributed by atoms with Gasteiger partial charge < -0.3 is 9.80 Å². The molecule has 0 spiro atoms. The maximum absolute atomic E-state index is 12.8. The van der Waals surface area contributed by atoms with E-state index in [1.807, 2.05) is 34.2 Å². The molecular weight excluding hydrogens is 346 g/mol. The minimum atomic E-state index is 0.0154.